The number of amides is 3. The summed E-state index contributed by atoms with van der Waals surface area (Å²) in [6.45, 7) is 7.94. The summed E-state index contributed by atoms with van der Waals surface area (Å²) in [4.78, 5) is 50.4. The van der Waals surface area contributed by atoms with E-state index in [2.05, 4.69) is 5.32 Å². The molecule has 0 aromatic heterocycles. The van der Waals surface area contributed by atoms with Crippen LogP contribution in [0.4, 0.5) is 0 Å². The van der Waals surface area contributed by atoms with Crippen LogP contribution in [-0.4, -0.2) is 48.0 Å². The number of hydroxylamine groups is 2. The van der Waals surface area contributed by atoms with Crippen molar-refractivity contribution in [2.75, 3.05) is 13.2 Å². The van der Waals surface area contributed by atoms with Gasteiger partial charge in [-0.1, -0.05) is 0 Å². The van der Waals surface area contributed by atoms with E-state index in [0.29, 0.717) is 37.5 Å². The maximum Gasteiger partial charge on any atom is 0.338 e. The van der Waals surface area contributed by atoms with Gasteiger partial charge in [-0.3, -0.25) is 14.4 Å². The SMILES string of the molecule is CC(C)(CCNC=O)OCCC(C)(C)C(=O)ON1C(=O)CCC1=O. The topological polar surface area (TPSA) is 102 Å². The number of imide groups is 1. The van der Waals surface area contributed by atoms with Gasteiger partial charge >= 0.3 is 5.97 Å². The Bertz CT molecular complexity index is 485. The van der Waals surface area contributed by atoms with Crippen molar-refractivity contribution in [1.29, 1.82) is 0 Å². The highest BCUT2D eigenvalue weighted by Gasteiger charge is 2.38. The highest BCUT2D eigenvalue weighted by molar-refractivity contribution is 6.01. The second-order valence-corrected chi connectivity index (χ2v) is 7.02. The molecule has 1 rings (SSSR count). The monoisotopic (exact) mass is 342 g/mol. The van der Waals surface area contributed by atoms with E-state index < -0.39 is 28.8 Å². The number of carbonyl (C=O) groups excluding carboxylic acids is 4. The molecule has 0 radical (unpaired) electrons. The van der Waals surface area contributed by atoms with Gasteiger partial charge in [-0.15, -0.1) is 5.06 Å². The van der Waals surface area contributed by atoms with Gasteiger partial charge in [-0.25, -0.2) is 4.79 Å². The summed E-state index contributed by atoms with van der Waals surface area (Å²) < 4.78 is 5.76. The quantitative estimate of drug-likeness (QED) is 0.360. The van der Waals surface area contributed by atoms with Crippen LogP contribution in [-0.2, 0) is 28.8 Å². The summed E-state index contributed by atoms with van der Waals surface area (Å²) in [5, 5.41) is 3.13. The van der Waals surface area contributed by atoms with Crippen molar-refractivity contribution in [2.24, 2.45) is 5.41 Å². The smallest absolute Gasteiger partial charge is 0.338 e. The molecule has 1 aliphatic heterocycles. The number of hydrogen-bond acceptors (Lipinski definition) is 6. The number of nitrogens with one attached hydrogen (secondary N) is 1. The van der Waals surface area contributed by atoms with Crippen LogP contribution in [0.3, 0.4) is 0 Å². The van der Waals surface area contributed by atoms with E-state index in [1.165, 1.54) is 0 Å². The third kappa shape index (κ3) is 5.92. The van der Waals surface area contributed by atoms with Crippen LogP contribution in [0, 0.1) is 5.41 Å². The highest BCUT2D eigenvalue weighted by Crippen LogP contribution is 2.26. The lowest BCUT2D eigenvalue weighted by Gasteiger charge is -2.28. The molecule has 8 nitrogen and oxygen atoms in total. The fraction of sp³-hybridized carbons (Fsp3) is 0.750. The largest absolute Gasteiger partial charge is 0.375 e. The maximum atomic E-state index is 12.2. The fourth-order valence-corrected chi connectivity index (χ4v) is 2.05. The molecule has 0 aliphatic carbocycles. The van der Waals surface area contributed by atoms with E-state index in [-0.39, 0.29) is 12.8 Å². The average Bonchev–Trinajstić information content (AvgIpc) is 2.78. The molecule has 136 valence electrons. The third-order valence-electron chi connectivity index (χ3n) is 3.91. The first-order valence-corrected chi connectivity index (χ1v) is 7.98. The van der Waals surface area contributed by atoms with Crippen molar-refractivity contribution in [3.63, 3.8) is 0 Å². The zero-order valence-corrected chi connectivity index (χ0v) is 14.7. The van der Waals surface area contributed by atoms with Crippen LogP contribution in [0.15, 0.2) is 0 Å². The number of nitrogens with zero attached hydrogens (tertiary/aromatic N) is 1. The Morgan fingerprint density at radius 3 is 2.29 bits per heavy atom. The maximum absolute atomic E-state index is 12.2. The van der Waals surface area contributed by atoms with Crippen LogP contribution >= 0.6 is 0 Å². The first-order valence-electron chi connectivity index (χ1n) is 7.98. The molecule has 0 aromatic rings. The summed E-state index contributed by atoms with van der Waals surface area (Å²) >= 11 is 0. The molecule has 3 amide bonds. The average molecular weight is 342 g/mol. The molecule has 8 heteroatoms. The van der Waals surface area contributed by atoms with Crippen LogP contribution in [0.5, 0.6) is 0 Å². The van der Waals surface area contributed by atoms with E-state index in [1.54, 1.807) is 13.8 Å². The normalized spacial score (nSPS) is 15.6. The molecule has 24 heavy (non-hydrogen) atoms. The Kier molecular flexibility index (Phi) is 6.89. The number of carbonyl (C=O) groups is 4. The molecule has 0 aromatic carbocycles. The number of ether oxygens (including phenoxy) is 1. The second kappa shape index (κ2) is 8.23. The third-order valence-corrected chi connectivity index (χ3v) is 3.91. The van der Waals surface area contributed by atoms with Crippen molar-refractivity contribution >= 4 is 24.2 Å². The first-order chi connectivity index (χ1) is 11.1. The van der Waals surface area contributed by atoms with Gasteiger partial charge in [0, 0.05) is 26.0 Å². The summed E-state index contributed by atoms with van der Waals surface area (Å²) in [7, 11) is 0. The van der Waals surface area contributed by atoms with Crippen LogP contribution < -0.4 is 5.32 Å². The predicted octanol–water partition coefficient (Wildman–Crippen LogP) is 0.941. The Balaban J connectivity index is 2.44. The summed E-state index contributed by atoms with van der Waals surface area (Å²) in [5.74, 6) is -1.64. The number of rotatable bonds is 10. The molecule has 0 bridgehead atoms. The van der Waals surface area contributed by atoms with Crippen molar-refractivity contribution in [3.8, 4) is 0 Å². The van der Waals surface area contributed by atoms with Gasteiger partial charge in [0.05, 0.1) is 11.0 Å². The van der Waals surface area contributed by atoms with E-state index >= 15 is 0 Å². The van der Waals surface area contributed by atoms with Gasteiger partial charge in [0.1, 0.15) is 0 Å². The standard InChI is InChI=1S/C16H26N2O6/c1-15(2,8-10-23-16(3,4)7-9-17-11-19)14(22)24-18-12(20)5-6-13(18)21/h11H,5-10H2,1-4H3,(H,17,19). The predicted molar refractivity (Wildman–Crippen MR) is 84.3 cm³/mol. The van der Waals surface area contributed by atoms with Crippen LogP contribution in [0.25, 0.3) is 0 Å². The van der Waals surface area contributed by atoms with E-state index in [1.807, 2.05) is 13.8 Å². The summed E-state index contributed by atoms with van der Waals surface area (Å²) in [5.41, 5.74) is -1.35. The Labute approximate surface area is 141 Å². The van der Waals surface area contributed by atoms with E-state index in [0.717, 1.165) is 0 Å². The first kappa shape index (κ1) is 20.1. The Morgan fingerprint density at radius 2 is 1.75 bits per heavy atom. The molecular formula is C16H26N2O6. The Morgan fingerprint density at radius 1 is 1.17 bits per heavy atom. The molecule has 1 heterocycles. The van der Waals surface area contributed by atoms with Crippen LogP contribution in [0.2, 0.25) is 0 Å². The lowest BCUT2D eigenvalue weighted by Crippen LogP contribution is -2.39. The molecule has 0 unspecified atom stereocenters. The van der Waals surface area contributed by atoms with Crippen molar-refractivity contribution < 1.29 is 28.8 Å². The molecule has 1 saturated heterocycles. The molecule has 1 fully saturated rings. The summed E-state index contributed by atoms with van der Waals surface area (Å²) in [6, 6.07) is 0. The number of hydrogen-bond donors (Lipinski definition) is 1. The lowest BCUT2D eigenvalue weighted by molar-refractivity contribution is -0.205. The minimum atomic E-state index is -0.903. The van der Waals surface area contributed by atoms with Crippen molar-refractivity contribution in [3.05, 3.63) is 0 Å². The van der Waals surface area contributed by atoms with Gasteiger partial charge in [-0.2, -0.15) is 0 Å². The molecular weight excluding hydrogens is 316 g/mol. The van der Waals surface area contributed by atoms with Gasteiger partial charge in [0.25, 0.3) is 11.8 Å². The fourth-order valence-electron chi connectivity index (χ4n) is 2.05. The van der Waals surface area contributed by atoms with Gasteiger partial charge in [0.15, 0.2) is 0 Å². The van der Waals surface area contributed by atoms with Crippen molar-refractivity contribution in [2.45, 2.75) is 59.0 Å². The Hall–Kier alpha value is -1.96. The van der Waals surface area contributed by atoms with E-state index in [4.69, 9.17) is 9.57 Å². The van der Waals surface area contributed by atoms with Crippen LogP contribution in [0.1, 0.15) is 53.4 Å². The van der Waals surface area contributed by atoms with Gasteiger partial charge < -0.3 is 14.9 Å². The molecule has 1 N–H and O–H groups in total. The lowest BCUT2D eigenvalue weighted by atomic mass is 9.90. The second-order valence-electron chi connectivity index (χ2n) is 7.02. The zero-order valence-electron chi connectivity index (χ0n) is 14.7. The van der Waals surface area contributed by atoms with Crippen molar-refractivity contribution in [1.82, 2.24) is 10.4 Å². The molecule has 0 atom stereocenters. The molecule has 1 aliphatic rings. The molecule has 0 spiro atoms. The minimum absolute atomic E-state index is 0.0681. The highest BCUT2D eigenvalue weighted by atomic mass is 16.7. The summed E-state index contributed by atoms with van der Waals surface area (Å²) in [6.07, 6.45) is 1.77. The van der Waals surface area contributed by atoms with Gasteiger partial charge in [0.2, 0.25) is 6.41 Å². The van der Waals surface area contributed by atoms with Gasteiger partial charge in [-0.05, 0) is 40.5 Å². The minimum Gasteiger partial charge on any atom is -0.375 e. The van der Waals surface area contributed by atoms with E-state index in [9.17, 15) is 19.2 Å². The molecule has 0 saturated carbocycles. The zero-order chi connectivity index (χ0) is 18.4.